The first kappa shape index (κ1) is 11.0. The quantitative estimate of drug-likeness (QED) is 0.752. The molecule has 0 fully saturated rings. The van der Waals surface area contributed by atoms with E-state index in [1.165, 1.54) is 0 Å². The predicted octanol–water partition coefficient (Wildman–Crippen LogP) is 2.74. The third kappa shape index (κ3) is 1.67. The monoisotopic (exact) mass is 281 g/mol. The van der Waals surface area contributed by atoms with Crippen LogP contribution in [0.4, 0.5) is 5.82 Å². The van der Waals surface area contributed by atoms with Crippen molar-refractivity contribution in [1.82, 2.24) is 10.2 Å². The van der Waals surface area contributed by atoms with Gasteiger partial charge in [0, 0.05) is 16.1 Å². The number of aromatic nitrogens is 2. The topological polar surface area (TPSA) is 74.9 Å². The minimum atomic E-state index is 0.254. The summed E-state index contributed by atoms with van der Waals surface area (Å²) in [4.78, 5) is 0. The van der Waals surface area contributed by atoms with E-state index >= 15 is 0 Å². The second-order valence-electron chi connectivity index (χ2n) is 3.73. The minimum Gasteiger partial charge on any atom is -0.507 e. The molecule has 4 N–H and O–H groups in total. The number of aromatic amines is 1. The van der Waals surface area contributed by atoms with Gasteiger partial charge in [-0.25, -0.2) is 0 Å². The molecular formula is C11H12BrN3O. The number of phenolic OH excluding ortho intramolecular Hbond substituents is 1. The number of nitrogens with zero attached hydrogens (tertiary/aromatic N) is 1. The highest BCUT2D eigenvalue weighted by molar-refractivity contribution is 9.10. The molecule has 0 saturated carbocycles. The number of phenols is 1. The first-order valence-electron chi connectivity index (χ1n) is 4.80. The van der Waals surface area contributed by atoms with Crippen LogP contribution in [0, 0.1) is 13.8 Å². The van der Waals surface area contributed by atoms with Gasteiger partial charge in [0.25, 0.3) is 0 Å². The van der Waals surface area contributed by atoms with E-state index in [1.54, 1.807) is 6.07 Å². The van der Waals surface area contributed by atoms with E-state index in [4.69, 9.17) is 5.73 Å². The number of benzene rings is 1. The Kier molecular flexibility index (Phi) is 2.63. The van der Waals surface area contributed by atoms with Crippen LogP contribution in [0.2, 0.25) is 0 Å². The van der Waals surface area contributed by atoms with E-state index in [2.05, 4.69) is 26.1 Å². The maximum atomic E-state index is 10.1. The Morgan fingerprint density at radius 3 is 2.62 bits per heavy atom. The highest BCUT2D eigenvalue weighted by Crippen LogP contribution is 2.38. The SMILES string of the molecule is Cc1cc(Br)c(C)c(-c2cc(N)n[nH]2)c1O. The lowest BCUT2D eigenvalue weighted by atomic mass is 10.0. The fourth-order valence-electron chi connectivity index (χ4n) is 1.66. The summed E-state index contributed by atoms with van der Waals surface area (Å²) in [5.41, 5.74) is 8.77. The van der Waals surface area contributed by atoms with Crippen LogP contribution in [0.3, 0.4) is 0 Å². The number of nitrogens with two attached hydrogens (primary N) is 1. The number of rotatable bonds is 1. The Bertz CT molecular complexity index is 522. The zero-order chi connectivity index (χ0) is 11.9. The molecule has 0 amide bonds. The molecule has 0 radical (unpaired) electrons. The van der Waals surface area contributed by atoms with Crippen LogP contribution in [0.15, 0.2) is 16.6 Å². The number of aryl methyl sites for hydroxylation is 1. The van der Waals surface area contributed by atoms with Crippen molar-refractivity contribution in [3.63, 3.8) is 0 Å². The summed E-state index contributed by atoms with van der Waals surface area (Å²) in [6.45, 7) is 3.78. The molecule has 0 saturated heterocycles. The molecule has 16 heavy (non-hydrogen) atoms. The number of hydrogen-bond donors (Lipinski definition) is 3. The summed E-state index contributed by atoms with van der Waals surface area (Å²) in [5.74, 6) is 0.663. The van der Waals surface area contributed by atoms with E-state index in [0.717, 1.165) is 26.9 Å². The van der Waals surface area contributed by atoms with Crippen molar-refractivity contribution in [3.05, 3.63) is 27.7 Å². The summed E-state index contributed by atoms with van der Waals surface area (Å²) < 4.78 is 0.950. The summed E-state index contributed by atoms with van der Waals surface area (Å²) >= 11 is 3.46. The lowest BCUT2D eigenvalue weighted by Gasteiger charge is -2.11. The van der Waals surface area contributed by atoms with Crippen molar-refractivity contribution in [2.75, 3.05) is 5.73 Å². The molecule has 4 nitrogen and oxygen atoms in total. The van der Waals surface area contributed by atoms with Gasteiger partial charge in [-0.1, -0.05) is 15.9 Å². The number of aromatic hydroxyl groups is 1. The Labute approximate surface area is 102 Å². The van der Waals surface area contributed by atoms with Gasteiger partial charge in [0.05, 0.1) is 5.69 Å². The molecule has 0 atom stereocenters. The molecular weight excluding hydrogens is 270 g/mol. The molecule has 1 heterocycles. The molecule has 2 rings (SSSR count). The van der Waals surface area contributed by atoms with Crippen molar-refractivity contribution in [2.45, 2.75) is 13.8 Å². The van der Waals surface area contributed by atoms with Crippen LogP contribution in [0.5, 0.6) is 5.75 Å². The standard InChI is InChI=1S/C11H12BrN3O/c1-5-3-7(12)6(2)10(11(5)16)8-4-9(13)15-14-8/h3-4,16H,1-2H3,(H3,13,14,15). The van der Waals surface area contributed by atoms with Gasteiger partial charge in [-0.2, -0.15) is 5.10 Å². The summed E-state index contributed by atoms with van der Waals surface area (Å²) in [6.07, 6.45) is 0. The number of hydrogen-bond acceptors (Lipinski definition) is 3. The summed E-state index contributed by atoms with van der Waals surface area (Å²) in [6, 6.07) is 3.59. The Morgan fingerprint density at radius 2 is 2.06 bits per heavy atom. The zero-order valence-electron chi connectivity index (χ0n) is 9.00. The van der Waals surface area contributed by atoms with Crippen LogP contribution in [-0.4, -0.2) is 15.3 Å². The molecule has 0 spiro atoms. The molecule has 0 aliphatic rings. The normalized spacial score (nSPS) is 10.7. The van der Waals surface area contributed by atoms with E-state index in [9.17, 15) is 5.11 Å². The van der Waals surface area contributed by atoms with Gasteiger partial charge in [0.15, 0.2) is 0 Å². The van der Waals surface area contributed by atoms with Gasteiger partial charge < -0.3 is 10.8 Å². The molecule has 0 aliphatic heterocycles. The average molecular weight is 282 g/mol. The van der Waals surface area contributed by atoms with Crippen molar-refractivity contribution >= 4 is 21.7 Å². The van der Waals surface area contributed by atoms with E-state index in [1.807, 2.05) is 19.9 Å². The Balaban J connectivity index is 2.73. The summed E-state index contributed by atoms with van der Waals surface area (Å²) in [7, 11) is 0. The van der Waals surface area contributed by atoms with Gasteiger partial charge in [-0.05, 0) is 31.0 Å². The maximum absolute atomic E-state index is 10.1. The van der Waals surface area contributed by atoms with Gasteiger partial charge >= 0.3 is 0 Å². The van der Waals surface area contributed by atoms with Crippen molar-refractivity contribution in [1.29, 1.82) is 0 Å². The molecule has 2 aromatic rings. The smallest absolute Gasteiger partial charge is 0.145 e. The minimum absolute atomic E-state index is 0.254. The highest BCUT2D eigenvalue weighted by atomic mass is 79.9. The molecule has 5 heteroatoms. The number of anilines is 1. The average Bonchev–Trinajstić information content (AvgIpc) is 2.62. The van der Waals surface area contributed by atoms with Gasteiger partial charge in [0.1, 0.15) is 11.6 Å². The summed E-state index contributed by atoms with van der Waals surface area (Å²) in [5, 5.41) is 16.7. The zero-order valence-corrected chi connectivity index (χ0v) is 10.6. The van der Waals surface area contributed by atoms with Crippen molar-refractivity contribution in [3.8, 4) is 17.0 Å². The van der Waals surface area contributed by atoms with Gasteiger partial charge in [-0.15, -0.1) is 0 Å². The first-order valence-corrected chi connectivity index (χ1v) is 5.60. The molecule has 1 aromatic carbocycles. The fourth-order valence-corrected chi connectivity index (χ4v) is 2.20. The third-order valence-corrected chi connectivity index (χ3v) is 3.38. The molecule has 84 valence electrons. The number of H-pyrrole nitrogens is 1. The van der Waals surface area contributed by atoms with Crippen LogP contribution in [-0.2, 0) is 0 Å². The highest BCUT2D eigenvalue weighted by Gasteiger charge is 2.15. The van der Waals surface area contributed by atoms with Gasteiger partial charge in [-0.3, -0.25) is 5.10 Å². The fraction of sp³-hybridized carbons (Fsp3) is 0.182. The second-order valence-corrected chi connectivity index (χ2v) is 4.58. The van der Waals surface area contributed by atoms with Crippen LogP contribution >= 0.6 is 15.9 Å². The lowest BCUT2D eigenvalue weighted by Crippen LogP contribution is -1.89. The number of nitrogens with one attached hydrogen (secondary N) is 1. The van der Waals surface area contributed by atoms with E-state index in [-0.39, 0.29) is 5.75 Å². The molecule has 0 aliphatic carbocycles. The van der Waals surface area contributed by atoms with E-state index < -0.39 is 0 Å². The van der Waals surface area contributed by atoms with Crippen LogP contribution in [0.1, 0.15) is 11.1 Å². The van der Waals surface area contributed by atoms with Crippen LogP contribution in [0.25, 0.3) is 11.3 Å². The Morgan fingerprint density at radius 1 is 1.38 bits per heavy atom. The molecule has 0 bridgehead atoms. The largest absolute Gasteiger partial charge is 0.507 e. The first-order chi connectivity index (χ1) is 7.50. The van der Waals surface area contributed by atoms with Crippen molar-refractivity contribution in [2.24, 2.45) is 0 Å². The lowest BCUT2D eigenvalue weighted by molar-refractivity contribution is 0.472. The number of nitrogen functional groups attached to an aromatic ring is 1. The molecule has 1 aromatic heterocycles. The second kappa shape index (κ2) is 3.83. The van der Waals surface area contributed by atoms with Gasteiger partial charge in [0.2, 0.25) is 0 Å². The van der Waals surface area contributed by atoms with Crippen molar-refractivity contribution < 1.29 is 5.11 Å². The van der Waals surface area contributed by atoms with E-state index in [0.29, 0.717) is 5.82 Å². The maximum Gasteiger partial charge on any atom is 0.145 e. The predicted molar refractivity (Wildman–Crippen MR) is 67.3 cm³/mol. The Hall–Kier alpha value is -1.49. The van der Waals surface area contributed by atoms with Crippen LogP contribution < -0.4 is 5.73 Å². The third-order valence-electron chi connectivity index (χ3n) is 2.55. The number of halogens is 1. The molecule has 0 unspecified atom stereocenters.